The van der Waals surface area contributed by atoms with Gasteiger partial charge in [0.1, 0.15) is 0 Å². The first kappa shape index (κ1) is 12.5. The van der Waals surface area contributed by atoms with Crippen molar-refractivity contribution in [3.05, 3.63) is 59.9 Å². The van der Waals surface area contributed by atoms with Crippen molar-refractivity contribution >= 4 is 27.8 Å². The van der Waals surface area contributed by atoms with E-state index in [-0.39, 0.29) is 0 Å². The Kier molecular flexibility index (Phi) is 3.03. The topological polar surface area (TPSA) is 50.9 Å². The molecule has 0 spiro atoms. The summed E-state index contributed by atoms with van der Waals surface area (Å²) in [6, 6.07) is 12.1. The van der Waals surface area contributed by atoms with E-state index >= 15 is 0 Å². The Hall–Kier alpha value is -2.55. The van der Waals surface area contributed by atoms with Crippen LogP contribution in [0.15, 0.2) is 48.8 Å². The van der Waals surface area contributed by atoms with Crippen molar-refractivity contribution in [1.29, 1.82) is 0 Å². The molecular formula is C17H17N3. The van der Waals surface area contributed by atoms with Gasteiger partial charge < -0.3 is 11.1 Å². The smallest absolute Gasteiger partial charge is 0.0481 e. The Bertz CT molecular complexity index is 778. The fourth-order valence-corrected chi connectivity index (χ4v) is 2.35. The summed E-state index contributed by atoms with van der Waals surface area (Å²) < 4.78 is 0. The summed E-state index contributed by atoms with van der Waals surface area (Å²) >= 11 is 0. The quantitative estimate of drug-likeness (QED) is 0.682. The van der Waals surface area contributed by atoms with Gasteiger partial charge >= 0.3 is 0 Å². The average molecular weight is 263 g/mol. The predicted molar refractivity (Wildman–Crippen MR) is 85.4 cm³/mol. The van der Waals surface area contributed by atoms with Crippen LogP contribution in [-0.2, 0) is 0 Å². The first-order chi connectivity index (χ1) is 9.66. The molecule has 100 valence electrons. The highest BCUT2D eigenvalue weighted by molar-refractivity contribution is 6.01. The number of fused-ring (bicyclic) bond motifs is 1. The largest absolute Gasteiger partial charge is 0.398 e. The predicted octanol–water partition coefficient (Wildman–Crippen LogP) is 4.18. The van der Waals surface area contributed by atoms with E-state index in [9.17, 15) is 0 Å². The zero-order valence-corrected chi connectivity index (χ0v) is 11.6. The third-order valence-electron chi connectivity index (χ3n) is 3.73. The number of pyridine rings is 1. The van der Waals surface area contributed by atoms with Gasteiger partial charge in [-0.2, -0.15) is 0 Å². The van der Waals surface area contributed by atoms with E-state index in [2.05, 4.69) is 42.3 Å². The SMILES string of the molecule is Cc1cccc(Nc2ccc(N)c3ccncc23)c1C. The summed E-state index contributed by atoms with van der Waals surface area (Å²) in [5, 5.41) is 5.55. The molecule has 0 bridgehead atoms. The van der Waals surface area contributed by atoms with Gasteiger partial charge in [-0.15, -0.1) is 0 Å². The lowest BCUT2D eigenvalue weighted by Gasteiger charge is -2.14. The van der Waals surface area contributed by atoms with Gasteiger partial charge in [0.05, 0.1) is 0 Å². The first-order valence-electron chi connectivity index (χ1n) is 6.62. The molecule has 2 aromatic carbocycles. The van der Waals surface area contributed by atoms with Crippen LogP contribution in [0.4, 0.5) is 17.1 Å². The summed E-state index contributed by atoms with van der Waals surface area (Å²) in [6.07, 6.45) is 3.61. The minimum Gasteiger partial charge on any atom is -0.398 e. The molecule has 3 heteroatoms. The van der Waals surface area contributed by atoms with Crippen molar-refractivity contribution < 1.29 is 0 Å². The zero-order chi connectivity index (χ0) is 14.1. The van der Waals surface area contributed by atoms with Crippen molar-refractivity contribution in [2.45, 2.75) is 13.8 Å². The van der Waals surface area contributed by atoms with Crippen LogP contribution < -0.4 is 11.1 Å². The molecule has 1 heterocycles. The van der Waals surface area contributed by atoms with E-state index in [1.165, 1.54) is 11.1 Å². The van der Waals surface area contributed by atoms with Crippen molar-refractivity contribution in [1.82, 2.24) is 4.98 Å². The molecule has 0 aliphatic heterocycles. The second-order valence-electron chi connectivity index (χ2n) is 5.00. The van der Waals surface area contributed by atoms with Gasteiger partial charge in [-0.25, -0.2) is 0 Å². The van der Waals surface area contributed by atoms with Crippen LogP contribution in [0, 0.1) is 13.8 Å². The van der Waals surface area contributed by atoms with Crippen molar-refractivity contribution in [2.24, 2.45) is 0 Å². The van der Waals surface area contributed by atoms with Gasteiger partial charge in [-0.1, -0.05) is 12.1 Å². The van der Waals surface area contributed by atoms with Crippen molar-refractivity contribution in [3.63, 3.8) is 0 Å². The molecule has 3 aromatic rings. The normalized spacial score (nSPS) is 10.7. The molecule has 0 fully saturated rings. The van der Waals surface area contributed by atoms with Crippen LogP contribution in [0.25, 0.3) is 10.8 Å². The first-order valence-corrected chi connectivity index (χ1v) is 6.62. The average Bonchev–Trinajstić information content (AvgIpc) is 2.47. The molecule has 3 N–H and O–H groups in total. The van der Waals surface area contributed by atoms with E-state index in [4.69, 9.17) is 5.73 Å². The van der Waals surface area contributed by atoms with Crippen LogP contribution in [0.3, 0.4) is 0 Å². The van der Waals surface area contributed by atoms with E-state index in [1.54, 1.807) is 6.20 Å². The minimum atomic E-state index is 0.772. The molecule has 0 aliphatic rings. The lowest BCUT2D eigenvalue weighted by molar-refractivity contribution is 1.33. The molecule has 0 aliphatic carbocycles. The van der Waals surface area contributed by atoms with Gasteiger partial charge in [-0.3, -0.25) is 4.98 Å². The summed E-state index contributed by atoms with van der Waals surface area (Å²) in [5.74, 6) is 0. The molecule has 3 rings (SSSR count). The molecular weight excluding hydrogens is 246 g/mol. The van der Waals surface area contributed by atoms with E-state index in [0.717, 1.165) is 27.8 Å². The molecule has 20 heavy (non-hydrogen) atoms. The van der Waals surface area contributed by atoms with Gasteiger partial charge in [-0.05, 0) is 49.2 Å². The molecule has 0 saturated heterocycles. The molecule has 0 unspecified atom stereocenters. The number of hydrogen-bond donors (Lipinski definition) is 2. The second kappa shape index (κ2) is 4.85. The number of nitrogen functional groups attached to an aromatic ring is 1. The maximum atomic E-state index is 6.02. The number of aryl methyl sites for hydroxylation is 1. The number of hydrogen-bond acceptors (Lipinski definition) is 3. The van der Waals surface area contributed by atoms with Crippen molar-refractivity contribution in [2.75, 3.05) is 11.1 Å². The molecule has 0 atom stereocenters. The van der Waals surface area contributed by atoms with Crippen LogP contribution in [0.2, 0.25) is 0 Å². The Balaban J connectivity index is 2.12. The zero-order valence-electron chi connectivity index (χ0n) is 11.6. The maximum absolute atomic E-state index is 6.02. The van der Waals surface area contributed by atoms with Crippen LogP contribution >= 0.6 is 0 Å². The Morgan fingerprint density at radius 2 is 1.80 bits per heavy atom. The molecule has 0 radical (unpaired) electrons. The number of rotatable bonds is 2. The van der Waals surface area contributed by atoms with Crippen molar-refractivity contribution in [3.8, 4) is 0 Å². The second-order valence-corrected chi connectivity index (χ2v) is 5.00. The number of anilines is 3. The Labute approximate surface area is 118 Å². The van der Waals surface area contributed by atoms with Gasteiger partial charge in [0.15, 0.2) is 0 Å². The number of aromatic nitrogens is 1. The fourth-order valence-electron chi connectivity index (χ4n) is 2.35. The molecule has 0 saturated carbocycles. The summed E-state index contributed by atoms with van der Waals surface area (Å²) in [5.41, 5.74) is 11.4. The summed E-state index contributed by atoms with van der Waals surface area (Å²) in [6.45, 7) is 4.23. The third kappa shape index (κ3) is 2.07. The van der Waals surface area contributed by atoms with E-state index in [0.29, 0.717) is 0 Å². The minimum absolute atomic E-state index is 0.772. The van der Waals surface area contributed by atoms with Crippen LogP contribution in [-0.4, -0.2) is 4.98 Å². The maximum Gasteiger partial charge on any atom is 0.0481 e. The standard InChI is InChI=1S/C17H17N3/c1-11-4-3-5-16(12(11)2)20-17-7-6-15(18)13-8-9-19-10-14(13)17/h3-10,20H,18H2,1-2H3. The van der Waals surface area contributed by atoms with Gasteiger partial charge in [0.25, 0.3) is 0 Å². The summed E-state index contributed by atoms with van der Waals surface area (Å²) in [4.78, 5) is 4.20. The van der Waals surface area contributed by atoms with Gasteiger partial charge in [0.2, 0.25) is 0 Å². The number of nitrogens with two attached hydrogens (primary N) is 1. The monoisotopic (exact) mass is 263 g/mol. The third-order valence-corrected chi connectivity index (χ3v) is 3.73. The number of nitrogens with zero attached hydrogens (tertiary/aromatic N) is 1. The highest BCUT2D eigenvalue weighted by atomic mass is 14.9. The van der Waals surface area contributed by atoms with E-state index in [1.807, 2.05) is 24.4 Å². The summed E-state index contributed by atoms with van der Waals surface area (Å²) in [7, 11) is 0. The highest BCUT2D eigenvalue weighted by Gasteiger charge is 2.06. The Morgan fingerprint density at radius 3 is 2.65 bits per heavy atom. The van der Waals surface area contributed by atoms with Crippen LogP contribution in [0.1, 0.15) is 11.1 Å². The molecule has 0 amide bonds. The molecule has 3 nitrogen and oxygen atoms in total. The van der Waals surface area contributed by atoms with Crippen LogP contribution in [0.5, 0.6) is 0 Å². The molecule has 1 aromatic heterocycles. The highest BCUT2D eigenvalue weighted by Crippen LogP contribution is 2.31. The lowest BCUT2D eigenvalue weighted by atomic mass is 10.1. The fraction of sp³-hybridized carbons (Fsp3) is 0.118. The Morgan fingerprint density at radius 1 is 0.950 bits per heavy atom. The van der Waals surface area contributed by atoms with E-state index < -0.39 is 0 Å². The number of benzene rings is 2. The lowest BCUT2D eigenvalue weighted by Crippen LogP contribution is -1.97. The number of nitrogens with one attached hydrogen (secondary N) is 1. The van der Waals surface area contributed by atoms with Gasteiger partial charge in [0, 0.05) is 40.2 Å².